The van der Waals surface area contributed by atoms with Crippen LogP contribution in [0.2, 0.25) is 0 Å². The smallest absolute Gasteiger partial charge is 0.0399 e. The largest absolute Gasteiger partial charge is 0.330 e. The summed E-state index contributed by atoms with van der Waals surface area (Å²) < 4.78 is 0. The van der Waals surface area contributed by atoms with Crippen LogP contribution in [0.5, 0.6) is 0 Å². The van der Waals surface area contributed by atoms with Gasteiger partial charge in [-0.25, -0.2) is 0 Å². The predicted molar refractivity (Wildman–Crippen MR) is 59.0 cm³/mol. The quantitative estimate of drug-likeness (QED) is 0.571. The maximum absolute atomic E-state index is 5.46. The Balaban J connectivity index is 2.27. The monoisotopic (exact) mass is 196 g/mol. The molecule has 0 aromatic rings. The van der Waals surface area contributed by atoms with E-state index < -0.39 is 0 Å². The van der Waals surface area contributed by atoms with Crippen LogP contribution in [0.3, 0.4) is 0 Å². The minimum atomic E-state index is 0.730. The zero-order valence-electron chi connectivity index (χ0n) is 8.58. The summed E-state index contributed by atoms with van der Waals surface area (Å²) in [5.41, 5.74) is 15.5. The van der Waals surface area contributed by atoms with E-state index in [4.69, 9.17) is 11.5 Å². The average molecular weight is 196 g/mol. The lowest BCUT2D eigenvalue weighted by molar-refractivity contribution is 0.291. The van der Waals surface area contributed by atoms with Crippen molar-refractivity contribution in [3.63, 3.8) is 0 Å². The van der Waals surface area contributed by atoms with Crippen LogP contribution in [-0.4, -0.2) is 24.6 Å². The third-order valence-corrected chi connectivity index (χ3v) is 2.10. The molecule has 0 saturated carbocycles. The molecule has 0 bridgehead atoms. The molecule has 0 fully saturated rings. The van der Waals surface area contributed by atoms with E-state index >= 15 is 0 Å². The van der Waals surface area contributed by atoms with Gasteiger partial charge in [-0.3, -0.25) is 5.01 Å². The van der Waals surface area contributed by atoms with Crippen LogP contribution in [0.15, 0.2) is 24.0 Å². The zero-order valence-corrected chi connectivity index (χ0v) is 8.58. The molecule has 1 aliphatic rings. The molecule has 1 heterocycles. The van der Waals surface area contributed by atoms with Crippen molar-refractivity contribution in [1.82, 2.24) is 10.4 Å². The Morgan fingerprint density at radius 3 is 2.71 bits per heavy atom. The molecule has 0 amide bonds. The number of nitrogens with two attached hydrogens (primary N) is 2. The summed E-state index contributed by atoms with van der Waals surface area (Å²) >= 11 is 0. The zero-order chi connectivity index (χ0) is 10.2. The van der Waals surface area contributed by atoms with Gasteiger partial charge >= 0.3 is 0 Å². The molecule has 5 N–H and O–H groups in total. The van der Waals surface area contributed by atoms with Gasteiger partial charge in [-0.2, -0.15) is 0 Å². The lowest BCUT2D eigenvalue weighted by Gasteiger charge is -2.26. The molecule has 0 aromatic carbocycles. The van der Waals surface area contributed by atoms with Crippen molar-refractivity contribution in [2.75, 3.05) is 19.6 Å². The molecule has 1 aliphatic heterocycles. The molecule has 0 spiro atoms. The molecule has 4 nitrogen and oxygen atoms in total. The van der Waals surface area contributed by atoms with Gasteiger partial charge in [-0.05, 0) is 44.5 Å². The highest BCUT2D eigenvalue weighted by atomic mass is 15.5. The van der Waals surface area contributed by atoms with Crippen LogP contribution in [0.1, 0.15) is 19.3 Å². The fraction of sp³-hybridized carbons (Fsp3) is 0.600. The normalized spacial score (nSPS) is 15.3. The Bertz CT molecular complexity index is 210. The highest BCUT2D eigenvalue weighted by molar-refractivity contribution is 5.14. The van der Waals surface area contributed by atoms with Gasteiger partial charge in [0.15, 0.2) is 0 Å². The Hall–Kier alpha value is -1.00. The molecule has 0 unspecified atom stereocenters. The maximum atomic E-state index is 5.46. The molecule has 1 rings (SSSR count). The van der Waals surface area contributed by atoms with Gasteiger partial charge in [0.05, 0.1) is 0 Å². The Kier molecular flexibility index (Phi) is 5.11. The Labute approximate surface area is 85.6 Å². The van der Waals surface area contributed by atoms with E-state index in [-0.39, 0.29) is 0 Å². The predicted octanol–water partition coefficient (Wildman–Crippen LogP) is 0.292. The van der Waals surface area contributed by atoms with Crippen molar-refractivity contribution >= 4 is 0 Å². The Morgan fingerprint density at radius 2 is 2.00 bits per heavy atom. The fourth-order valence-corrected chi connectivity index (χ4v) is 1.35. The van der Waals surface area contributed by atoms with E-state index in [1.807, 2.05) is 6.20 Å². The van der Waals surface area contributed by atoms with E-state index in [0.29, 0.717) is 0 Å². The second kappa shape index (κ2) is 6.45. The first-order valence-corrected chi connectivity index (χ1v) is 5.17. The Morgan fingerprint density at radius 1 is 1.21 bits per heavy atom. The lowest BCUT2D eigenvalue weighted by Crippen LogP contribution is -2.36. The van der Waals surface area contributed by atoms with Crippen LogP contribution in [0.4, 0.5) is 0 Å². The third kappa shape index (κ3) is 3.81. The number of nitrogens with zero attached hydrogens (tertiary/aromatic N) is 1. The number of nitrogens with one attached hydrogen (secondary N) is 1. The van der Waals surface area contributed by atoms with Gasteiger partial charge in [0, 0.05) is 18.4 Å². The molecule has 4 heteroatoms. The van der Waals surface area contributed by atoms with Crippen molar-refractivity contribution in [3.05, 3.63) is 24.0 Å². The van der Waals surface area contributed by atoms with Crippen LogP contribution in [-0.2, 0) is 0 Å². The fourth-order valence-electron chi connectivity index (χ4n) is 1.35. The van der Waals surface area contributed by atoms with Gasteiger partial charge in [0.2, 0.25) is 0 Å². The van der Waals surface area contributed by atoms with Crippen molar-refractivity contribution in [2.24, 2.45) is 11.5 Å². The van der Waals surface area contributed by atoms with Gasteiger partial charge in [-0.1, -0.05) is 0 Å². The van der Waals surface area contributed by atoms with Crippen molar-refractivity contribution in [2.45, 2.75) is 19.3 Å². The third-order valence-electron chi connectivity index (χ3n) is 2.10. The van der Waals surface area contributed by atoms with Gasteiger partial charge in [-0.15, -0.1) is 0 Å². The summed E-state index contributed by atoms with van der Waals surface area (Å²) in [7, 11) is 0. The number of hydrogen-bond acceptors (Lipinski definition) is 4. The van der Waals surface area contributed by atoms with E-state index in [2.05, 4.69) is 22.6 Å². The van der Waals surface area contributed by atoms with Crippen molar-refractivity contribution in [1.29, 1.82) is 0 Å². The molecule has 0 atom stereocenters. The lowest BCUT2D eigenvalue weighted by atomic mass is 10.2. The van der Waals surface area contributed by atoms with E-state index in [9.17, 15) is 0 Å². The van der Waals surface area contributed by atoms with Gasteiger partial charge < -0.3 is 16.9 Å². The van der Waals surface area contributed by atoms with Crippen molar-refractivity contribution < 1.29 is 0 Å². The second-order valence-electron chi connectivity index (χ2n) is 3.37. The topological polar surface area (TPSA) is 67.3 Å². The highest BCUT2D eigenvalue weighted by Gasteiger charge is 2.04. The molecule has 0 aromatic heterocycles. The number of hydrazine groups is 1. The first-order valence-electron chi connectivity index (χ1n) is 5.17. The summed E-state index contributed by atoms with van der Waals surface area (Å²) in [5, 5.41) is 2.07. The molecule has 0 aliphatic carbocycles. The summed E-state index contributed by atoms with van der Waals surface area (Å²) in [6.07, 6.45) is 9.22. The summed E-state index contributed by atoms with van der Waals surface area (Å²) in [5.74, 6) is 0. The van der Waals surface area contributed by atoms with Crippen molar-refractivity contribution in [3.8, 4) is 0 Å². The maximum Gasteiger partial charge on any atom is 0.0399 e. The van der Waals surface area contributed by atoms with Crippen LogP contribution in [0, 0.1) is 0 Å². The minimum absolute atomic E-state index is 0.730. The summed E-state index contributed by atoms with van der Waals surface area (Å²) in [6, 6.07) is 0. The summed E-state index contributed by atoms with van der Waals surface area (Å²) in [4.78, 5) is 0. The minimum Gasteiger partial charge on any atom is -0.330 e. The summed E-state index contributed by atoms with van der Waals surface area (Å²) in [6.45, 7) is 2.42. The van der Waals surface area contributed by atoms with Gasteiger partial charge in [0.1, 0.15) is 0 Å². The molecule has 0 radical (unpaired) electrons. The first kappa shape index (κ1) is 11.1. The molecular formula is C10H20N4. The molecule has 14 heavy (non-hydrogen) atoms. The van der Waals surface area contributed by atoms with E-state index in [1.54, 1.807) is 0 Å². The van der Waals surface area contributed by atoms with E-state index in [0.717, 1.165) is 38.9 Å². The van der Waals surface area contributed by atoms with Gasteiger partial charge in [0.25, 0.3) is 0 Å². The molecular weight excluding hydrogens is 176 g/mol. The number of rotatable bonds is 6. The number of hydrogen-bond donors (Lipinski definition) is 3. The second-order valence-corrected chi connectivity index (χ2v) is 3.37. The first-order chi connectivity index (χ1) is 6.86. The SMILES string of the molecule is NCCCC1=CC=CN(CCCN)N1. The number of allylic oxidation sites excluding steroid dienone is 3. The highest BCUT2D eigenvalue weighted by Crippen LogP contribution is 2.07. The van der Waals surface area contributed by atoms with Crippen LogP contribution < -0.4 is 16.9 Å². The molecule has 80 valence electrons. The van der Waals surface area contributed by atoms with Crippen LogP contribution in [0.25, 0.3) is 0 Å². The molecule has 0 saturated heterocycles. The standard InChI is InChI=1S/C10H20N4/c11-6-1-4-10-5-2-8-14(13-10)9-3-7-12/h2,5,8,13H,1,3-4,6-7,9,11-12H2. The average Bonchev–Trinajstić information content (AvgIpc) is 2.24. The van der Waals surface area contributed by atoms with E-state index in [1.165, 1.54) is 5.70 Å². The van der Waals surface area contributed by atoms with Crippen LogP contribution >= 0.6 is 0 Å².